The summed E-state index contributed by atoms with van der Waals surface area (Å²) in [5.74, 6) is 1.74. The van der Waals surface area contributed by atoms with Crippen molar-refractivity contribution in [3.05, 3.63) is 77.4 Å². The molecule has 3 rings (SSSR count). The minimum absolute atomic E-state index is 0.0620. The molecule has 1 N–H and O–H groups in total. The van der Waals surface area contributed by atoms with Crippen molar-refractivity contribution in [3.8, 4) is 0 Å². The fourth-order valence-corrected chi connectivity index (χ4v) is 3.88. The molecule has 0 aliphatic rings. The van der Waals surface area contributed by atoms with Crippen LogP contribution in [0.25, 0.3) is 10.8 Å². The summed E-state index contributed by atoms with van der Waals surface area (Å²) >= 11 is 1.65. The average Bonchev–Trinajstić information content (AvgIpc) is 2.63. The largest absolute Gasteiger partial charge is 0.325 e. The highest BCUT2D eigenvalue weighted by Crippen LogP contribution is 2.27. The summed E-state index contributed by atoms with van der Waals surface area (Å²) < 4.78 is 0. The molecule has 0 spiro atoms. The standard InChI is InChI=1S/C23H25NOS/c1-16(2)21-10-6-7-17(3)23(21)24-22(25)15-26-14-18-11-12-19-8-4-5-9-20(19)13-18/h4-13,16H,14-15H2,1-3H3,(H,24,25). The lowest BCUT2D eigenvalue weighted by molar-refractivity contribution is -0.113. The van der Waals surface area contributed by atoms with Crippen LogP contribution in [0, 0.1) is 6.92 Å². The Morgan fingerprint density at radius 1 is 1.00 bits per heavy atom. The number of hydrogen-bond donors (Lipinski definition) is 1. The summed E-state index contributed by atoms with van der Waals surface area (Å²) in [4.78, 5) is 12.4. The van der Waals surface area contributed by atoms with E-state index in [0.717, 1.165) is 17.0 Å². The van der Waals surface area contributed by atoms with E-state index in [1.165, 1.54) is 21.9 Å². The Morgan fingerprint density at radius 3 is 2.54 bits per heavy atom. The van der Waals surface area contributed by atoms with Gasteiger partial charge in [-0.15, -0.1) is 11.8 Å². The maximum absolute atomic E-state index is 12.4. The summed E-state index contributed by atoms with van der Waals surface area (Å²) in [6, 6.07) is 21.0. The molecule has 134 valence electrons. The molecule has 0 bridgehead atoms. The zero-order valence-electron chi connectivity index (χ0n) is 15.6. The van der Waals surface area contributed by atoms with Crippen LogP contribution in [0.5, 0.6) is 0 Å². The van der Waals surface area contributed by atoms with Gasteiger partial charge in [0.25, 0.3) is 0 Å². The number of hydrogen-bond acceptors (Lipinski definition) is 2. The van der Waals surface area contributed by atoms with Gasteiger partial charge < -0.3 is 5.32 Å². The highest BCUT2D eigenvalue weighted by atomic mass is 32.2. The molecular weight excluding hydrogens is 338 g/mol. The molecule has 0 fully saturated rings. The van der Waals surface area contributed by atoms with Gasteiger partial charge in [0.05, 0.1) is 5.75 Å². The molecule has 3 aromatic carbocycles. The Hall–Kier alpha value is -2.26. The molecule has 0 aliphatic heterocycles. The molecule has 0 saturated carbocycles. The first kappa shape index (κ1) is 18.5. The second-order valence-corrected chi connectivity index (χ2v) is 7.90. The zero-order valence-corrected chi connectivity index (χ0v) is 16.4. The second-order valence-electron chi connectivity index (χ2n) is 6.92. The van der Waals surface area contributed by atoms with Crippen LogP contribution in [-0.4, -0.2) is 11.7 Å². The van der Waals surface area contributed by atoms with Gasteiger partial charge >= 0.3 is 0 Å². The lowest BCUT2D eigenvalue weighted by atomic mass is 9.98. The van der Waals surface area contributed by atoms with Crippen molar-refractivity contribution in [3.63, 3.8) is 0 Å². The number of amides is 1. The van der Waals surface area contributed by atoms with Crippen molar-refractivity contribution in [1.82, 2.24) is 0 Å². The van der Waals surface area contributed by atoms with Crippen LogP contribution < -0.4 is 5.32 Å². The minimum atomic E-state index is 0.0620. The number of anilines is 1. The lowest BCUT2D eigenvalue weighted by Gasteiger charge is -2.16. The van der Waals surface area contributed by atoms with E-state index >= 15 is 0 Å². The highest BCUT2D eigenvalue weighted by Gasteiger charge is 2.12. The lowest BCUT2D eigenvalue weighted by Crippen LogP contribution is -2.16. The number of para-hydroxylation sites is 1. The minimum Gasteiger partial charge on any atom is -0.325 e. The molecule has 0 atom stereocenters. The van der Waals surface area contributed by atoms with E-state index in [1.807, 2.05) is 13.0 Å². The van der Waals surface area contributed by atoms with E-state index in [9.17, 15) is 4.79 Å². The third kappa shape index (κ3) is 4.47. The van der Waals surface area contributed by atoms with Crippen LogP contribution in [0.1, 0.15) is 36.5 Å². The maximum atomic E-state index is 12.4. The SMILES string of the molecule is Cc1cccc(C(C)C)c1NC(=O)CSCc1ccc2ccccc2c1. The normalized spacial score (nSPS) is 11.1. The van der Waals surface area contributed by atoms with Gasteiger partial charge in [-0.1, -0.05) is 74.5 Å². The summed E-state index contributed by atoms with van der Waals surface area (Å²) in [6.45, 7) is 6.35. The smallest absolute Gasteiger partial charge is 0.234 e. The number of fused-ring (bicyclic) bond motifs is 1. The number of nitrogens with one attached hydrogen (secondary N) is 1. The van der Waals surface area contributed by atoms with Gasteiger partial charge in [0.15, 0.2) is 0 Å². The monoisotopic (exact) mass is 363 g/mol. The van der Waals surface area contributed by atoms with Crippen molar-refractivity contribution >= 4 is 34.1 Å². The molecule has 0 aliphatic carbocycles. The summed E-state index contributed by atoms with van der Waals surface area (Å²) in [6.07, 6.45) is 0. The number of carbonyl (C=O) groups excluding carboxylic acids is 1. The van der Waals surface area contributed by atoms with Crippen molar-refractivity contribution in [1.29, 1.82) is 0 Å². The van der Waals surface area contributed by atoms with Crippen LogP contribution >= 0.6 is 11.8 Å². The molecule has 26 heavy (non-hydrogen) atoms. The van der Waals surface area contributed by atoms with Gasteiger partial charge in [-0.3, -0.25) is 4.79 Å². The first-order valence-corrected chi connectivity index (χ1v) is 10.1. The third-order valence-corrected chi connectivity index (χ3v) is 5.51. The first-order chi connectivity index (χ1) is 12.5. The summed E-state index contributed by atoms with van der Waals surface area (Å²) in [5, 5.41) is 5.61. The van der Waals surface area contributed by atoms with Gasteiger partial charge in [-0.05, 0) is 40.3 Å². The average molecular weight is 364 g/mol. The van der Waals surface area contributed by atoms with Gasteiger partial charge in [0.2, 0.25) is 5.91 Å². The predicted molar refractivity (Wildman–Crippen MR) is 114 cm³/mol. The zero-order chi connectivity index (χ0) is 18.5. The van der Waals surface area contributed by atoms with Crippen LogP contribution in [0.15, 0.2) is 60.7 Å². The Morgan fingerprint density at radius 2 is 1.77 bits per heavy atom. The third-order valence-electron chi connectivity index (χ3n) is 4.51. The maximum Gasteiger partial charge on any atom is 0.234 e. The molecule has 0 aromatic heterocycles. The van der Waals surface area contributed by atoms with E-state index < -0.39 is 0 Å². The van der Waals surface area contributed by atoms with E-state index in [4.69, 9.17) is 0 Å². The van der Waals surface area contributed by atoms with Gasteiger partial charge in [-0.25, -0.2) is 0 Å². The molecule has 0 heterocycles. The van der Waals surface area contributed by atoms with Crippen LogP contribution in [-0.2, 0) is 10.5 Å². The van der Waals surface area contributed by atoms with Gasteiger partial charge in [0.1, 0.15) is 0 Å². The van der Waals surface area contributed by atoms with Crippen LogP contribution in [0.4, 0.5) is 5.69 Å². The quantitative estimate of drug-likeness (QED) is 0.569. The summed E-state index contributed by atoms with van der Waals surface area (Å²) in [7, 11) is 0. The molecule has 3 aromatic rings. The number of rotatable bonds is 6. The predicted octanol–water partition coefficient (Wildman–Crippen LogP) is 6.14. The molecule has 0 unspecified atom stereocenters. The molecule has 3 heteroatoms. The molecular formula is C23H25NOS. The van der Waals surface area contributed by atoms with E-state index in [1.54, 1.807) is 11.8 Å². The Labute approximate surface area is 160 Å². The van der Waals surface area contributed by atoms with E-state index in [2.05, 4.69) is 73.8 Å². The van der Waals surface area contributed by atoms with Gasteiger partial charge in [0, 0.05) is 11.4 Å². The van der Waals surface area contributed by atoms with Crippen LogP contribution in [0.2, 0.25) is 0 Å². The van der Waals surface area contributed by atoms with E-state index in [0.29, 0.717) is 11.7 Å². The molecule has 2 nitrogen and oxygen atoms in total. The number of carbonyl (C=O) groups is 1. The van der Waals surface area contributed by atoms with Gasteiger partial charge in [-0.2, -0.15) is 0 Å². The van der Waals surface area contributed by atoms with Crippen molar-refractivity contribution in [2.24, 2.45) is 0 Å². The molecule has 0 radical (unpaired) electrons. The van der Waals surface area contributed by atoms with Crippen LogP contribution in [0.3, 0.4) is 0 Å². The van der Waals surface area contributed by atoms with Crippen molar-refractivity contribution in [2.45, 2.75) is 32.4 Å². The molecule has 1 amide bonds. The number of aryl methyl sites for hydroxylation is 1. The fraction of sp³-hybridized carbons (Fsp3) is 0.261. The number of benzene rings is 3. The second kappa shape index (κ2) is 8.41. The Kier molecular flexibility index (Phi) is 6.00. The fourth-order valence-electron chi connectivity index (χ4n) is 3.11. The highest BCUT2D eigenvalue weighted by molar-refractivity contribution is 7.99. The Balaban J connectivity index is 1.59. The van der Waals surface area contributed by atoms with Crippen molar-refractivity contribution in [2.75, 3.05) is 11.1 Å². The van der Waals surface area contributed by atoms with Crippen molar-refractivity contribution < 1.29 is 4.79 Å². The Bertz CT molecular complexity index is 917. The summed E-state index contributed by atoms with van der Waals surface area (Å²) in [5.41, 5.74) is 4.53. The number of thioether (sulfide) groups is 1. The van der Waals surface area contributed by atoms with E-state index in [-0.39, 0.29) is 5.91 Å². The molecule has 0 saturated heterocycles. The first-order valence-electron chi connectivity index (χ1n) is 8.99. The topological polar surface area (TPSA) is 29.1 Å².